The highest BCUT2D eigenvalue weighted by Gasteiger charge is 2.34. The van der Waals surface area contributed by atoms with Crippen LogP contribution in [0.25, 0.3) is 28.2 Å². The van der Waals surface area contributed by atoms with Crippen molar-refractivity contribution in [3.05, 3.63) is 114 Å². The Morgan fingerprint density at radius 2 is 1.80 bits per heavy atom. The molecular weight excluding hydrogens is 586 g/mol. The van der Waals surface area contributed by atoms with Crippen LogP contribution in [-0.2, 0) is 9.53 Å². The van der Waals surface area contributed by atoms with E-state index in [1.54, 1.807) is 31.6 Å². The van der Waals surface area contributed by atoms with E-state index in [1.807, 2.05) is 43.3 Å². The zero-order chi connectivity index (χ0) is 31.8. The number of nitrogens with zero attached hydrogens (tertiary/aromatic N) is 2. The van der Waals surface area contributed by atoms with Gasteiger partial charge < -0.3 is 19.2 Å². The molecule has 3 heterocycles. The van der Waals surface area contributed by atoms with Gasteiger partial charge in [-0.1, -0.05) is 59.4 Å². The number of carbonyl (C=O) groups excluding carboxylic acids is 1. The molecule has 1 N–H and O–H groups in total. The van der Waals surface area contributed by atoms with Crippen molar-refractivity contribution in [2.45, 2.75) is 40.7 Å². The van der Waals surface area contributed by atoms with Crippen molar-refractivity contribution in [2.24, 2.45) is 4.99 Å². The van der Waals surface area contributed by atoms with Crippen molar-refractivity contribution < 1.29 is 19.0 Å². The van der Waals surface area contributed by atoms with E-state index < -0.39 is 12.0 Å². The summed E-state index contributed by atoms with van der Waals surface area (Å²) in [4.78, 5) is 36.7. The second-order valence-electron chi connectivity index (χ2n) is 10.9. The number of esters is 1. The van der Waals surface area contributed by atoms with E-state index in [9.17, 15) is 9.59 Å². The average molecular weight is 622 g/mol. The fourth-order valence-corrected chi connectivity index (χ4v) is 7.05. The standard InChI is InChI=1S/C36H35N3O5S/c1-7-43-28-18-24(14-15-27(28)42-6)33-30(35(41)44-8-2)22(5)37-36-39(33)34(40)29(45-36)19-26-25-17-20(3)16-21(4)31(25)38-32(26)23-12-10-9-11-13-23/h9-19,33,38H,7-8H2,1-6H3/b29-19+/t33-/m0/s1. The summed E-state index contributed by atoms with van der Waals surface area (Å²) < 4.78 is 18.9. The Hall–Kier alpha value is -4.89. The summed E-state index contributed by atoms with van der Waals surface area (Å²) in [6.07, 6.45) is 1.95. The van der Waals surface area contributed by atoms with Crippen LogP contribution in [0.1, 0.15) is 49.1 Å². The lowest BCUT2D eigenvalue weighted by atomic mass is 9.95. The summed E-state index contributed by atoms with van der Waals surface area (Å²) in [6, 6.07) is 19.1. The summed E-state index contributed by atoms with van der Waals surface area (Å²) in [7, 11) is 1.58. The number of fused-ring (bicyclic) bond motifs is 2. The van der Waals surface area contributed by atoms with Gasteiger partial charge in [0.2, 0.25) is 0 Å². The van der Waals surface area contributed by atoms with E-state index in [2.05, 4.69) is 43.1 Å². The van der Waals surface area contributed by atoms with Gasteiger partial charge in [-0.25, -0.2) is 9.79 Å². The maximum Gasteiger partial charge on any atom is 0.338 e. The minimum absolute atomic E-state index is 0.196. The Labute approximate surface area is 264 Å². The number of aromatic nitrogens is 2. The third-order valence-electron chi connectivity index (χ3n) is 7.95. The van der Waals surface area contributed by atoms with Gasteiger partial charge in [-0.2, -0.15) is 0 Å². The molecule has 5 aromatic rings. The maximum absolute atomic E-state index is 14.4. The number of allylic oxidation sites excluding steroid dienone is 1. The van der Waals surface area contributed by atoms with Crippen molar-refractivity contribution in [3.8, 4) is 22.8 Å². The minimum Gasteiger partial charge on any atom is -0.493 e. The number of hydrogen-bond acceptors (Lipinski definition) is 7. The van der Waals surface area contributed by atoms with Gasteiger partial charge in [0.15, 0.2) is 16.3 Å². The Kier molecular flexibility index (Phi) is 8.20. The Morgan fingerprint density at radius 1 is 1.02 bits per heavy atom. The number of rotatable bonds is 8. The highest BCUT2D eigenvalue weighted by atomic mass is 32.1. The number of hydrogen-bond donors (Lipinski definition) is 1. The van der Waals surface area contributed by atoms with Crippen LogP contribution in [0.3, 0.4) is 0 Å². The molecule has 1 atom stereocenters. The molecular formula is C36H35N3O5S. The fourth-order valence-electron chi connectivity index (χ4n) is 6.03. The lowest BCUT2D eigenvalue weighted by molar-refractivity contribution is -0.139. The summed E-state index contributed by atoms with van der Waals surface area (Å²) in [5.74, 6) is 0.569. The predicted molar refractivity (Wildman–Crippen MR) is 178 cm³/mol. The van der Waals surface area contributed by atoms with Gasteiger partial charge in [0.1, 0.15) is 0 Å². The van der Waals surface area contributed by atoms with E-state index in [0.29, 0.717) is 44.3 Å². The summed E-state index contributed by atoms with van der Waals surface area (Å²) in [5.41, 5.74) is 7.42. The lowest BCUT2D eigenvalue weighted by Crippen LogP contribution is -2.40. The van der Waals surface area contributed by atoms with E-state index in [-0.39, 0.29) is 12.2 Å². The van der Waals surface area contributed by atoms with Crippen LogP contribution in [0.15, 0.2) is 81.7 Å². The molecule has 9 heteroatoms. The van der Waals surface area contributed by atoms with Gasteiger partial charge in [-0.05, 0) is 75.6 Å². The second-order valence-corrected chi connectivity index (χ2v) is 11.9. The molecule has 0 unspecified atom stereocenters. The molecule has 1 aliphatic heterocycles. The van der Waals surface area contributed by atoms with E-state index >= 15 is 0 Å². The first-order chi connectivity index (χ1) is 21.7. The second kappa shape index (κ2) is 12.2. The van der Waals surface area contributed by atoms with Crippen molar-refractivity contribution in [3.63, 3.8) is 0 Å². The first-order valence-corrected chi connectivity index (χ1v) is 15.8. The zero-order valence-corrected chi connectivity index (χ0v) is 27.0. The number of H-pyrrole nitrogens is 1. The molecule has 0 aliphatic carbocycles. The largest absolute Gasteiger partial charge is 0.493 e. The minimum atomic E-state index is -0.770. The molecule has 230 valence electrons. The molecule has 8 nitrogen and oxygen atoms in total. The zero-order valence-electron chi connectivity index (χ0n) is 26.2. The molecule has 0 radical (unpaired) electrons. The molecule has 1 aliphatic rings. The van der Waals surface area contributed by atoms with Crippen LogP contribution in [0, 0.1) is 13.8 Å². The normalized spacial score (nSPS) is 14.8. The number of nitrogens with one attached hydrogen (secondary N) is 1. The van der Waals surface area contributed by atoms with Crippen LogP contribution < -0.4 is 24.4 Å². The molecule has 0 amide bonds. The number of carbonyl (C=O) groups is 1. The monoisotopic (exact) mass is 621 g/mol. The molecule has 3 aromatic carbocycles. The van der Waals surface area contributed by atoms with Crippen LogP contribution >= 0.6 is 11.3 Å². The topological polar surface area (TPSA) is 94.9 Å². The molecule has 0 saturated heterocycles. The van der Waals surface area contributed by atoms with Crippen LogP contribution in [0.2, 0.25) is 0 Å². The van der Waals surface area contributed by atoms with Crippen LogP contribution in [0.4, 0.5) is 0 Å². The van der Waals surface area contributed by atoms with Gasteiger partial charge in [0, 0.05) is 16.5 Å². The smallest absolute Gasteiger partial charge is 0.338 e. The fraction of sp³-hybridized carbons (Fsp3) is 0.250. The molecule has 0 saturated carbocycles. The molecule has 0 bridgehead atoms. The molecule has 0 spiro atoms. The highest BCUT2D eigenvalue weighted by molar-refractivity contribution is 7.07. The summed E-state index contributed by atoms with van der Waals surface area (Å²) in [6.45, 7) is 10.2. The SMILES string of the molecule is CCOC(=O)C1=C(C)N=c2s/c(=C/c3c(-c4ccccc4)[nH]c4c(C)cc(C)cc34)c(=O)n2[C@H]1c1ccc(OC)c(OCC)c1. The van der Waals surface area contributed by atoms with E-state index in [0.717, 1.165) is 38.9 Å². The van der Waals surface area contributed by atoms with Gasteiger partial charge in [-0.3, -0.25) is 9.36 Å². The quantitative estimate of drug-likeness (QED) is 0.216. The van der Waals surface area contributed by atoms with Gasteiger partial charge in [-0.15, -0.1) is 0 Å². The number of aryl methyl sites for hydroxylation is 2. The van der Waals surface area contributed by atoms with Gasteiger partial charge in [0.05, 0.1) is 47.9 Å². The number of ether oxygens (including phenoxy) is 3. The van der Waals surface area contributed by atoms with Gasteiger partial charge >= 0.3 is 5.97 Å². The number of methoxy groups -OCH3 is 1. The third-order valence-corrected chi connectivity index (χ3v) is 8.93. The van der Waals surface area contributed by atoms with E-state index in [4.69, 9.17) is 19.2 Å². The van der Waals surface area contributed by atoms with Crippen molar-refractivity contribution in [2.75, 3.05) is 20.3 Å². The third kappa shape index (κ3) is 5.37. The summed E-state index contributed by atoms with van der Waals surface area (Å²) >= 11 is 1.30. The Bertz CT molecular complexity index is 2150. The Balaban J connectivity index is 1.63. The maximum atomic E-state index is 14.4. The molecule has 2 aromatic heterocycles. The van der Waals surface area contributed by atoms with Crippen molar-refractivity contribution >= 4 is 34.3 Å². The number of benzene rings is 3. The molecule has 6 rings (SSSR count). The Morgan fingerprint density at radius 3 is 2.51 bits per heavy atom. The first-order valence-electron chi connectivity index (χ1n) is 14.9. The van der Waals surface area contributed by atoms with Crippen LogP contribution in [0.5, 0.6) is 11.5 Å². The average Bonchev–Trinajstić information content (AvgIpc) is 3.54. The first kappa shape index (κ1) is 30.1. The molecule has 45 heavy (non-hydrogen) atoms. The molecule has 0 fully saturated rings. The summed E-state index contributed by atoms with van der Waals surface area (Å²) in [5, 5.41) is 1.04. The lowest BCUT2D eigenvalue weighted by Gasteiger charge is -2.25. The predicted octanol–water partition coefficient (Wildman–Crippen LogP) is 5.97. The van der Waals surface area contributed by atoms with Crippen molar-refractivity contribution in [1.82, 2.24) is 9.55 Å². The van der Waals surface area contributed by atoms with Gasteiger partial charge in [0.25, 0.3) is 5.56 Å². The number of aromatic amines is 1. The van der Waals surface area contributed by atoms with E-state index in [1.165, 1.54) is 11.3 Å². The van der Waals surface area contributed by atoms with Crippen molar-refractivity contribution in [1.29, 1.82) is 0 Å². The van der Waals surface area contributed by atoms with Crippen LogP contribution in [-0.4, -0.2) is 35.8 Å². The highest BCUT2D eigenvalue weighted by Crippen LogP contribution is 2.37. The number of thiazole rings is 1.